The quantitative estimate of drug-likeness (QED) is 0.700. The molecule has 1 unspecified atom stereocenters. The molecule has 2 N–H and O–H groups in total. The van der Waals surface area contributed by atoms with Gasteiger partial charge < -0.3 is 10.6 Å². The van der Waals surface area contributed by atoms with Crippen LogP contribution in [0.15, 0.2) is 0 Å². The van der Waals surface area contributed by atoms with Gasteiger partial charge in [0.15, 0.2) is 0 Å². The summed E-state index contributed by atoms with van der Waals surface area (Å²) in [6.07, 6.45) is 2.62. The van der Waals surface area contributed by atoms with Crippen LogP contribution in [0, 0.1) is 22.7 Å². The molecule has 4 heteroatoms. The molecule has 0 aromatic heterocycles. The molecule has 90 valence electrons. The molecule has 1 aliphatic heterocycles. The van der Waals surface area contributed by atoms with E-state index in [9.17, 15) is 4.79 Å². The summed E-state index contributed by atoms with van der Waals surface area (Å²) in [5, 5.41) is 14.6. The third-order valence-electron chi connectivity index (χ3n) is 3.43. The summed E-state index contributed by atoms with van der Waals surface area (Å²) in [5.74, 6) is 0.458. The first-order valence-electron chi connectivity index (χ1n) is 5.95. The van der Waals surface area contributed by atoms with Gasteiger partial charge >= 0.3 is 0 Å². The van der Waals surface area contributed by atoms with Crippen LogP contribution in [0.2, 0.25) is 0 Å². The van der Waals surface area contributed by atoms with E-state index in [0.29, 0.717) is 18.9 Å². The van der Waals surface area contributed by atoms with Crippen molar-refractivity contribution < 1.29 is 4.79 Å². The maximum atomic E-state index is 12.0. The molecule has 0 aliphatic carbocycles. The van der Waals surface area contributed by atoms with Gasteiger partial charge in [-0.25, -0.2) is 0 Å². The van der Waals surface area contributed by atoms with Crippen LogP contribution in [0.5, 0.6) is 0 Å². The predicted octanol–water partition coefficient (Wildman–Crippen LogP) is 1.04. The number of hydrogen-bond acceptors (Lipinski definition) is 3. The van der Waals surface area contributed by atoms with E-state index < -0.39 is 0 Å². The lowest BCUT2D eigenvalue weighted by Crippen LogP contribution is -2.47. The van der Waals surface area contributed by atoms with E-state index in [4.69, 9.17) is 5.26 Å². The van der Waals surface area contributed by atoms with Crippen molar-refractivity contribution in [1.82, 2.24) is 10.6 Å². The molecule has 1 fully saturated rings. The number of hydrogen-bond donors (Lipinski definition) is 2. The normalized spacial score (nSPS) is 21.2. The zero-order valence-corrected chi connectivity index (χ0v) is 10.2. The third-order valence-corrected chi connectivity index (χ3v) is 3.43. The van der Waals surface area contributed by atoms with E-state index in [1.54, 1.807) is 0 Å². The van der Waals surface area contributed by atoms with Crippen molar-refractivity contribution in [2.75, 3.05) is 19.6 Å². The maximum absolute atomic E-state index is 12.0. The smallest absolute Gasteiger partial charge is 0.226 e. The number of rotatable bonds is 4. The SMILES string of the molecule is CC(C)(C(=O)NCCC#N)C1CCCNC1. The van der Waals surface area contributed by atoms with Gasteiger partial charge in [-0.3, -0.25) is 4.79 Å². The first-order chi connectivity index (χ1) is 7.59. The molecule has 1 rings (SSSR count). The summed E-state index contributed by atoms with van der Waals surface area (Å²) in [5.41, 5.74) is -0.344. The van der Waals surface area contributed by atoms with Crippen molar-refractivity contribution in [2.45, 2.75) is 33.1 Å². The Kier molecular flexibility index (Phi) is 4.75. The van der Waals surface area contributed by atoms with Gasteiger partial charge in [0.05, 0.1) is 12.5 Å². The largest absolute Gasteiger partial charge is 0.355 e. The van der Waals surface area contributed by atoms with E-state index >= 15 is 0 Å². The van der Waals surface area contributed by atoms with Crippen LogP contribution in [0.4, 0.5) is 0 Å². The van der Waals surface area contributed by atoms with Crippen molar-refractivity contribution in [3.05, 3.63) is 0 Å². The molecule has 0 aromatic carbocycles. The van der Waals surface area contributed by atoms with Crippen LogP contribution in [0.3, 0.4) is 0 Å². The minimum Gasteiger partial charge on any atom is -0.355 e. The summed E-state index contributed by atoms with van der Waals surface area (Å²) < 4.78 is 0. The van der Waals surface area contributed by atoms with E-state index in [1.807, 2.05) is 19.9 Å². The van der Waals surface area contributed by atoms with Gasteiger partial charge in [-0.1, -0.05) is 13.8 Å². The average molecular weight is 223 g/mol. The monoisotopic (exact) mass is 223 g/mol. The second-order valence-electron chi connectivity index (χ2n) is 4.93. The molecule has 1 aliphatic rings. The molecule has 16 heavy (non-hydrogen) atoms. The van der Waals surface area contributed by atoms with Gasteiger partial charge in [0.25, 0.3) is 0 Å². The number of piperidine rings is 1. The number of carbonyl (C=O) groups excluding carboxylic acids is 1. The van der Waals surface area contributed by atoms with E-state index in [1.165, 1.54) is 0 Å². The number of amides is 1. The van der Waals surface area contributed by atoms with Gasteiger partial charge in [0.1, 0.15) is 0 Å². The first kappa shape index (κ1) is 13.0. The topological polar surface area (TPSA) is 64.9 Å². The van der Waals surface area contributed by atoms with E-state index in [-0.39, 0.29) is 11.3 Å². The van der Waals surface area contributed by atoms with Crippen LogP contribution in [-0.2, 0) is 4.79 Å². The molecule has 1 saturated heterocycles. The Morgan fingerprint density at radius 2 is 2.38 bits per heavy atom. The van der Waals surface area contributed by atoms with Gasteiger partial charge in [-0.05, 0) is 31.8 Å². The summed E-state index contributed by atoms with van der Waals surface area (Å²) in [7, 11) is 0. The van der Waals surface area contributed by atoms with Crippen LogP contribution in [0.25, 0.3) is 0 Å². The summed E-state index contributed by atoms with van der Waals surface area (Å²) in [6, 6.07) is 2.03. The molecule has 0 spiro atoms. The minimum atomic E-state index is -0.344. The highest BCUT2D eigenvalue weighted by atomic mass is 16.2. The van der Waals surface area contributed by atoms with Crippen molar-refractivity contribution in [2.24, 2.45) is 11.3 Å². The fourth-order valence-electron chi connectivity index (χ4n) is 2.11. The molecule has 0 bridgehead atoms. The van der Waals surface area contributed by atoms with E-state index in [0.717, 1.165) is 25.9 Å². The molecular weight excluding hydrogens is 202 g/mol. The van der Waals surface area contributed by atoms with Crippen molar-refractivity contribution >= 4 is 5.91 Å². The number of nitrogens with zero attached hydrogens (tertiary/aromatic N) is 1. The van der Waals surface area contributed by atoms with Crippen molar-refractivity contribution in [1.29, 1.82) is 5.26 Å². The first-order valence-corrected chi connectivity index (χ1v) is 5.95. The second-order valence-corrected chi connectivity index (χ2v) is 4.93. The zero-order chi connectivity index (χ0) is 12.0. The van der Waals surface area contributed by atoms with Crippen LogP contribution < -0.4 is 10.6 Å². The fourth-order valence-corrected chi connectivity index (χ4v) is 2.11. The lowest BCUT2D eigenvalue weighted by molar-refractivity contribution is -0.132. The fraction of sp³-hybridized carbons (Fsp3) is 0.833. The Labute approximate surface area is 97.4 Å². The third kappa shape index (κ3) is 3.21. The average Bonchev–Trinajstić information content (AvgIpc) is 2.30. The van der Waals surface area contributed by atoms with Gasteiger partial charge in [-0.2, -0.15) is 5.26 Å². The Morgan fingerprint density at radius 3 is 2.94 bits per heavy atom. The van der Waals surface area contributed by atoms with Crippen LogP contribution in [0.1, 0.15) is 33.1 Å². The highest BCUT2D eigenvalue weighted by Crippen LogP contribution is 2.31. The predicted molar refractivity (Wildman–Crippen MR) is 62.6 cm³/mol. The van der Waals surface area contributed by atoms with Crippen LogP contribution >= 0.6 is 0 Å². The van der Waals surface area contributed by atoms with Crippen LogP contribution in [-0.4, -0.2) is 25.5 Å². The maximum Gasteiger partial charge on any atom is 0.226 e. The molecule has 0 aromatic rings. The lowest BCUT2D eigenvalue weighted by Gasteiger charge is -2.35. The van der Waals surface area contributed by atoms with Crippen molar-refractivity contribution in [3.63, 3.8) is 0 Å². The Balaban J connectivity index is 2.47. The Hall–Kier alpha value is -1.08. The van der Waals surface area contributed by atoms with Gasteiger partial charge in [0.2, 0.25) is 5.91 Å². The van der Waals surface area contributed by atoms with Gasteiger partial charge in [-0.15, -0.1) is 0 Å². The highest BCUT2D eigenvalue weighted by molar-refractivity contribution is 5.82. The molecule has 4 nitrogen and oxygen atoms in total. The number of carbonyl (C=O) groups is 1. The molecular formula is C12H21N3O. The summed E-state index contributed by atoms with van der Waals surface area (Å²) in [4.78, 5) is 12.0. The highest BCUT2D eigenvalue weighted by Gasteiger charge is 2.36. The standard InChI is InChI=1S/C12H21N3O/c1-12(2,10-5-3-7-14-9-10)11(16)15-8-4-6-13/h10,14H,3-5,7-9H2,1-2H3,(H,15,16). The summed E-state index contributed by atoms with van der Waals surface area (Å²) >= 11 is 0. The number of nitrogens with one attached hydrogen (secondary N) is 2. The van der Waals surface area contributed by atoms with Crippen molar-refractivity contribution in [3.8, 4) is 6.07 Å². The van der Waals surface area contributed by atoms with Gasteiger partial charge in [0, 0.05) is 12.0 Å². The zero-order valence-electron chi connectivity index (χ0n) is 10.2. The second kappa shape index (κ2) is 5.86. The summed E-state index contributed by atoms with van der Waals surface area (Å²) in [6.45, 7) is 6.42. The molecule has 1 atom stereocenters. The minimum absolute atomic E-state index is 0.0662. The molecule has 1 amide bonds. The Bertz CT molecular complexity index is 274. The molecule has 1 heterocycles. The Morgan fingerprint density at radius 1 is 1.62 bits per heavy atom. The molecule has 0 radical (unpaired) electrons. The lowest BCUT2D eigenvalue weighted by atomic mass is 9.74. The molecule has 0 saturated carbocycles. The van der Waals surface area contributed by atoms with E-state index in [2.05, 4.69) is 10.6 Å². The number of nitriles is 1.